The standard InChI is InChI=1S/C8H9NO4/c1-4-6(10)9-5(8(11)12)2-3-13-7(4)9/h2,4,7H,3H2,1H3,(H,11,12). The molecule has 70 valence electrons. The van der Waals surface area contributed by atoms with E-state index in [-0.39, 0.29) is 30.4 Å². The van der Waals surface area contributed by atoms with E-state index >= 15 is 0 Å². The van der Waals surface area contributed by atoms with Gasteiger partial charge in [0.05, 0.1) is 12.5 Å². The third-order valence-electron chi connectivity index (χ3n) is 2.33. The lowest BCUT2D eigenvalue weighted by atomic mass is 9.96. The number of carbonyl (C=O) groups is 2. The molecule has 2 aliphatic heterocycles. The summed E-state index contributed by atoms with van der Waals surface area (Å²) in [6.45, 7) is 1.99. The SMILES string of the molecule is CC1C(=O)N2C(C(=O)O)=CCOC12. The quantitative estimate of drug-likeness (QED) is 0.571. The Morgan fingerprint density at radius 2 is 2.46 bits per heavy atom. The Morgan fingerprint density at radius 3 is 3.08 bits per heavy atom. The van der Waals surface area contributed by atoms with E-state index in [1.54, 1.807) is 6.92 Å². The van der Waals surface area contributed by atoms with Gasteiger partial charge in [-0.05, 0) is 13.0 Å². The van der Waals surface area contributed by atoms with Gasteiger partial charge in [-0.3, -0.25) is 9.69 Å². The minimum absolute atomic E-state index is 0.0411. The van der Waals surface area contributed by atoms with Gasteiger partial charge in [-0.1, -0.05) is 0 Å². The van der Waals surface area contributed by atoms with Gasteiger partial charge in [-0.25, -0.2) is 4.79 Å². The van der Waals surface area contributed by atoms with Crippen LogP contribution < -0.4 is 0 Å². The molecule has 2 aliphatic rings. The van der Waals surface area contributed by atoms with Crippen LogP contribution in [0.25, 0.3) is 0 Å². The molecule has 0 bridgehead atoms. The van der Waals surface area contributed by atoms with Crippen molar-refractivity contribution >= 4 is 11.9 Å². The van der Waals surface area contributed by atoms with E-state index in [1.165, 1.54) is 11.0 Å². The molecule has 1 amide bonds. The highest BCUT2D eigenvalue weighted by molar-refractivity contribution is 5.97. The molecular weight excluding hydrogens is 174 g/mol. The first-order valence-electron chi connectivity index (χ1n) is 4.01. The molecule has 0 aromatic heterocycles. The third kappa shape index (κ3) is 0.968. The number of hydrogen-bond acceptors (Lipinski definition) is 3. The van der Waals surface area contributed by atoms with Crippen molar-refractivity contribution in [1.29, 1.82) is 0 Å². The number of fused-ring (bicyclic) bond motifs is 1. The first kappa shape index (κ1) is 8.25. The monoisotopic (exact) mass is 183 g/mol. The van der Waals surface area contributed by atoms with Crippen LogP contribution >= 0.6 is 0 Å². The molecule has 1 fully saturated rings. The summed E-state index contributed by atoms with van der Waals surface area (Å²) >= 11 is 0. The first-order chi connectivity index (χ1) is 6.13. The van der Waals surface area contributed by atoms with Gasteiger partial charge in [0.2, 0.25) is 5.91 Å². The maximum atomic E-state index is 11.3. The topological polar surface area (TPSA) is 66.8 Å². The summed E-state index contributed by atoms with van der Waals surface area (Å²) in [6, 6.07) is 0. The Hall–Kier alpha value is -1.36. The number of aliphatic carboxylic acids is 1. The van der Waals surface area contributed by atoms with Crippen molar-refractivity contribution in [2.24, 2.45) is 5.92 Å². The molecule has 13 heavy (non-hydrogen) atoms. The van der Waals surface area contributed by atoms with Crippen LogP contribution in [0.15, 0.2) is 11.8 Å². The lowest BCUT2D eigenvalue weighted by Crippen LogP contribution is -2.62. The number of nitrogens with zero attached hydrogens (tertiary/aromatic N) is 1. The van der Waals surface area contributed by atoms with Crippen molar-refractivity contribution in [1.82, 2.24) is 4.90 Å². The normalized spacial score (nSPS) is 31.9. The van der Waals surface area contributed by atoms with Crippen molar-refractivity contribution in [3.8, 4) is 0 Å². The second kappa shape index (κ2) is 2.56. The molecule has 0 saturated carbocycles. The fourth-order valence-electron chi connectivity index (χ4n) is 1.60. The van der Waals surface area contributed by atoms with E-state index < -0.39 is 5.97 Å². The number of rotatable bonds is 1. The summed E-state index contributed by atoms with van der Waals surface area (Å²) < 4.78 is 5.21. The lowest BCUT2D eigenvalue weighted by Gasteiger charge is -2.46. The summed E-state index contributed by atoms with van der Waals surface area (Å²) in [7, 11) is 0. The molecule has 0 radical (unpaired) electrons. The lowest BCUT2D eigenvalue weighted by molar-refractivity contribution is -0.188. The van der Waals surface area contributed by atoms with Crippen LogP contribution in [-0.4, -0.2) is 34.7 Å². The predicted molar refractivity (Wildman–Crippen MR) is 41.5 cm³/mol. The Morgan fingerprint density at radius 1 is 1.77 bits per heavy atom. The first-order valence-corrected chi connectivity index (χ1v) is 4.01. The zero-order valence-corrected chi connectivity index (χ0v) is 7.06. The van der Waals surface area contributed by atoms with Crippen molar-refractivity contribution < 1.29 is 19.4 Å². The van der Waals surface area contributed by atoms with Gasteiger partial charge in [-0.2, -0.15) is 0 Å². The molecule has 2 atom stereocenters. The largest absolute Gasteiger partial charge is 0.477 e. The van der Waals surface area contributed by atoms with Crippen molar-refractivity contribution in [3.05, 3.63) is 11.8 Å². The Labute approximate surface area is 74.6 Å². The van der Waals surface area contributed by atoms with E-state index in [1.807, 2.05) is 0 Å². The number of hydrogen-bond donors (Lipinski definition) is 1. The average molecular weight is 183 g/mol. The Bertz CT molecular complexity index is 309. The molecule has 2 heterocycles. The van der Waals surface area contributed by atoms with Crippen molar-refractivity contribution in [2.45, 2.75) is 13.2 Å². The van der Waals surface area contributed by atoms with E-state index in [4.69, 9.17) is 9.84 Å². The van der Waals surface area contributed by atoms with E-state index in [0.717, 1.165) is 0 Å². The molecule has 0 aromatic carbocycles. The number of β-lactam (4-membered cyclic amide) rings is 1. The van der Waals surface area contributed by atoms with Crippen LogP contribution in [0.4, 0.5) is 0 Å². The predicted octanol–water partition coefficient (Wildman–Crippen LogP) is -0.210. The second-order valence-electron chi connectivity index (χ2n) is 3.12. The fourth-order valence-corrected chi connectivity index (χ4v) is 1.60. The highest BCUT2D eigenvalue weighted by atomic mass is 16.5. The van der Waals surface area contributed by atoms with Crippen LogP contribution in [0.1, 0.15) is 6.92 Å². The summed E-state index contributed by atoms with van der Waals surface area (Å²) in [5.41, 5.74) is 0.0411. The molecule has 5 nitrogen and oxygen atoms in total. The van der Waals surface area contributed by atoms with Gasteiger partial charge in [0.15, 0.2) is 0 Å². The maximum absolute atomic E-state index is 11.3. The van der Waals surface area contributed by atoms with Gasteiger partial charge in [-0.15, -0.1) is 0 Å². The summed E-state index contributed by atoms with van der Waals surface area (Å²) in [6.07, 6.45) is 1.03. The summed E-state index contributed by atoms with van der Waals surface area (Å²) in [5, 5.41) is 8.75. The molecular formula is C8H9NO4. The molecule has 1 saturated heterocycles. The highest BCUT2D eigenvalue weighted by Crippen LogP contribution is 2.33. The van der Waals surface area contributed by atoms with Gasteiger partial charge in [0.25, 0.3) is 0 Å². The van der Waals surface area contributed by atoms with Crippen LogP contribution in [0.2, 0.25) is 0 Å². The molecule has 0 aliphatic carbocycles. The molecule has 0 aromatic rings. The van der Waals surface area contributed by atoms with Crippen LogP contribution in [0.5, 0.6) is 0 Å². The van der Waals surface area contributed by atoms with Crippen molar-refractivity contribution in [2.75, 3.05) is 6.61 Å². The zero-order valence-electron chi connectivity index (χ0n) is 7.06. The van der Waals surface area contributed by atoms with Crippen LogP contribution in [0.3, 0.4) is 0 Å². The Balaban J connectivity index is 2.27. The van der Waals surface area contributed by atoms with Gasteiger partial charge in [0.1, 0.15) is 11.9 Å². The van der Waals surface area contributed by atoms with Gasteiger partial charge in [0, 0.05) is 0 Å². The number of ether oxygens (including phenoxy) is 1. The van der Waals surface area contributed by atoms with Gasteiger partial charge < -0.3 is 9.84 Å². The minimum Gasteiger partial charge on any atom is -0.477 e. The number of carbonyl (C=O) groups excluding carboxylic acids is 1. The average Bonchev–Trinajstić information content (AvgIpc) is 2.15. The number of amides is 1. The highest BCUT2D eigenvalue weighted by Gasteiger charge is 2.49. The molecule has 0 spiro atoms. The van der Waals surface area contributed by atoms with E-state index in [9.17, 15) is 9.59 Å². The van der Waals surface area contributed by atoms with Crippen molar-refractivity contribution in [3.63, 3.8) is 0 Å². The second-order valence-corrected chi connectivity index (χ2v) is 3.12. The molecule has 2 rings (SSSR count). The molecule has 5 heteroatoms. The Kier molecular flexibility index (Phi) is 1.63. The number of carboxylic acid groups (broad SMARTS) is 1. The maximum Gasteiger partial charge on any atom is 0.352 e. The third-order valence-corrected chi connectivity index (χ3v) is 2.33. The number of carboxylic acids is 1. The minimum atomic E-state index is -1.08. The van der Waals surface area contributed by atoms with E-state index in [2.05, 4.69) is 0 Å². The molecule has 1 N–H and O–H groups in total. The summed E-state index contributed by atoms with van der Waals surface area (Å²) in [5.74, 6) is -1.48. The van der Waals surface area contributed by atoms with Crippen LogP contribution in [0, 0.1) is 5.92 Å². The molecule has 2 unspecified atom stereocenters. The van der Waals surface area contributed by atoms with Gasteiger partial charge >= 0.3 is 5.97 Å². The fraction of sp³-hybridized carbons (Fsp3) is 0.500. The van der Waals surface area contributed by atoms with Crippen LogP contribution in [-0.2, 0) is 14.3 Å². The smallest absolute Gasteiger partial charge is 0.352 e. The zero-order chi connectivity index (χ0) is 9.59. The summed E-state index contributed by atoms with van der Waals surface area (Å²) in [4.78, 5) is 23.1. The van der Waals surface area contributed by atoms with E-state index in [0.29, 0.717) is 0 Å².